The van der Waals surface area contributed by atoms with Gasteiger partial charge in [-0.3, -0.25) is 0 Å². The third kappa shape index (κ3) is 2.81. The van der Waals surface area contributed by atoms with Crippen LogP contribution in [0.3, 0.4) is 0 Å². The molecule has 118 valence electrons. The molecule has 0 aliphatic carbocycles. The van der Waals surface area contributed by atoms with Gasteiger partial charge in [-0.2, -0.15) is 4.58 Å². The second kappa shape index (κ2) is 5.69. The number of rotatable bonds is 2. The van der Waals surface area contributed by atoms with Crippen molar-refractivity contribution in [2.24, 2.45) is 0 Å². The van der Waals surface area contributed by atoms with Crippen LogP contribution in [0.5, 0.6) is 0 Å². The smallest absolute Gasteiger partial charge is 0.209 e. The Morgan fingerprint density at radius 1 is 1.04 bits per heavy atom. The van der Waals surface area contributed by atoms with Crippen molar-refractivity contribution in [3.8, 4) is 0 Å². The predicted octanol–water partition coefficient (Wildman–Crippen LogP) is 5.01. The summed E-state index contributed by atoms with van der Waals surface area (Å²) < 4.78 is 7.82. The third-order valence-corrected chi connectivity index (χ3v) is 4.55. The highest BCUT2D eigenvalue weighted by molar-refractivity contribution is 6.03. The molecule has 0 amide bonds. The molecule has 0 atom stereocenters. The van der Waals surface area contributed by atoms with Crippen molar-refractivity contribution < 1.29 is 9.31 Å². The van der Waals surface area contributed by atoms with E-state index in [1.165, 1.54) is 22.5 Å². The van der Waals surface area contributed by atoms with Crippen molar-refractivity contribution in [1.82, 2.24) is 0 Å². The SMILES string of the molecule is CC1=CC(=C/C=C/C2=[N+](C)c3ccccc3C2(C)C)C=C(C)O1. The van der Waals surface area contributed by atoms with E-state index in [0.29, 0.717) is 0 Å². The van der Waals surface area contributed by atoms with Gasteiger partial charge in [0.05, 0.1) is 5.41 Å². The topological polar surface area (TPSA) is 12.2 Å². The number of allylic oxidation sites excluding steroid dienone is 8. The average Bonchev–Trinajstić information content (AvgIpc) is 2.68. The number of para-hydroxylation sites is 1. The van der Waals surface area contributed by atoms with Crippen molar-refractivity contribution in [3.63, 3.8) is 0 Å². The first-order chi connectivity index (χ1) is 10.9. The lowest BCUT2D eigenvalue weighted by atomic mass is 9.81. The highest BCUT2D eigenvalue weighted by atomic mass is 16.5. The summed E-state index contributed by atoms with van der Waals surface area (Å²) in [5.74, 6) is 1.87. The van der Waals surface area contributed by atoms with E-state index in [2.05, 4.69) is 80.1 Å². The Morgan fingerprint density at radius 3 is 2.35 bits per heavy atom. The molecule has 1 aromatic rings. The van der Waals surface area contributed by atoms with Gasteiger partial charge < -0.3 is 4.74 Å². The van der Waals surface area contributed by atoms with Gasteiger partial charge in [-0.25, -0.2) is 0 Å². The quantitative estimate of drug-likeness (QED) is 0.699. The van der Waals surface area contributed by atoms with Gasteiger partial charge in [-0.05, 0) is 45.4 Å². The van der Waals surface area contributed by atoms with Crippen molar-refractivity contribution in [2.45, 2.75) is 33.1 Å². The van der Waals surface area contributed by atoms with Crippen LogP contribution in [0.25, 0.3) is 0 Å². The van der Waals surface area contributed by atoms with Crippen LogP contribution in [0.2, 0.25) is 0 Å². The summed E-state index contributed by atoms with van der Waals surface area (Å²) >= 11 is 0. The van der Waals surface area contributed by atoms with Crippen molar-refractivity contribution in [2.75, 3.05) is 7.05 Å². The Bertz CT molecular complexity index is 781. The van der Waals surface area contributed by atoms with Crippen LogP contribution in [0.15, 0.2) is 71.7 Å². The van der Waals surface area contributed by atoms with Gasteiger partial charge in [0.15, 0.2) is 5.71 Å². The van der Waals surface area contributed by atoms with E-state index in [4.69, 9.17) is 4.74 Å². The number of benzene rings is 1. The van der Waals surface area contributed by atoms with Crippen LogP contribution in [0.4, 0.5) is 5.69 Å². The number of hydrogen-bond acceptors (Lipinski definition) is 1. The predicted molar refractivity (Wildman–Crippen MR) is 96.1 cm³/mol. The van der Waals surface area contributed by atoms with Gasteiger partial charge in [-0.1, -0.05) is 30.4 Å². The molecule has 0 fully saturated rings. The maximum atomic E-state index is 5.53. The Hall–Kier alpha value is -2.35. The summed E-state index contributed by atoms with van der Waals surface area (Å²) in [5.41, 5.74) is 5.17. The van der Waals surface area contributed by atoms with Crippen molar-refractivity contribution in [3.05, 3.63) is 77.3 Å². The minimum atomic E-state index is 0.0214. The number of fused-ring (bicyclic) bond motifs is 1. The fraction of sp³-hybridized carbons (Fsp3) is 0.286. The second-order valence-corrected chi connectivity index (χ2v) is 6.72. The zero-order valence-corrected chi connectivity index (χ0v) is 14.6. The summed E-state index contributed by atoms with van der Waals surface area (Å²) in [6.45, 7) is 8.52. The lowest BCUT2D eigenvalue weighted by Gasteiger charge is -2.15. The molecule has 0 saturated carbocycles. The first kappa shape index (κ1) is 15.5. The van der Waals surface area contributed by atoms with E-state index in [1.807, 2.05) is 13.8 Å². The van der Waals surface area contributed by atoms with Crippen molar-refractivity contribution in [1.29, 1.82) is 0 Å². The molecule has 0 radical (unpaired) electrons. The normalized spacial score (nSPS) is 19.4. The lowest BCUT2D eigenvalue weighted by molar-refractivity contribution is -0.401. The molecular weight excluding hydrogens is 282 g/mol. The van der Waals surface area contributed by atoms with Gasteiger partial charge in [-0.15, -0.1) is 0 Å². The maximum absolute atomic E-state index is 5.53. The number of hydrogen-bond donors (Lipinski definition) is 0. The van der Waals surface area contributed by atoms with E-state index in [0.717, 1.165) is 11.5 Å². The van der Waals surface area contributed by atoms with E-state index < -0.39 is 0 Å². The Balaban J connectivity index is 1.92. The zero-order valence-electron chi connectivity index (χ0n) is 14.6. The third-order valence-electron chi connectivity index (χ3n) is 4.55. The fourth-order valence-corrected chi connectivity index (χ4v) is 3.47. The van der Waals surface area contributed by atoms with Crippen LogP contribution in [-0.4, -0.2) is 17.3 Å². The fourth-order valence-electron chi connectivity index (χ4n) is 3.47. The molecule has 0 saturated heterocycles. The minimum absolute atomic E-state index is 0.0214. The molecule has 0 aromatic heterocycles. The van der Waals surface area contributed by atoms with Gasteiger partial charge in [0.25, 0.3) is 0 Å². The molecule has 0 N–H and O–H groups in total. The number of nitrogens with zero attached hydrogens (tertiary/aromatic N) is 1. The van der Waals surface area contributed by atoms with Crippen LogP contribution < -0.4 is 0 Å². The largest absolute Gasteiger partial charge is 0.467 e. The Morgan fingerprint density at radius 2 is 1.70 bits per heavy atom. The van der Waals surface area contributed by atoms with Gasteiger partial charge >= 0.3 is 0 Å². The zero-order chi connectivity index (χ0) is 16.6. The summed E-state index contributed by atoms with van der Waals surface area (Å²) in [6, 6.07) is 8.63. The van der Waals surface area contributed by atoms with E-state index >= 15 is 0 Å². The summed E-state index contributed by atoms with van der Waals surface area (Å²) in [6.07, 6.45) is 10.6. The van der Waals surface area contributed by atoms with Crippen LogP contribution >= 0.6 is 0 Å². The maximum Gasteiger partial charge on any atom is 0.209 e. The summed E-state index contributed by atoms with van der Waals surface area (Å²) in [5, 5.41) is 0. The van der Waals surface area contributed by atoms with Gasteiger partial charge in [0, 0.05) is 17.7 Å². The molecule has 2 aliphatic heterocycles. The summed E-state index contributed by atoms with van der Waals surface area (Å²) in [7, 11) is 2.14. The minimum Gasteiger partial charge on any atom is -0.467 e. The molecule has 3 rings (SSSR count). The molecule has 0 spiro atoms. The molecule has 0 unspecified atom stereocenters. The second-order valence-electron chi connectivity index (χ2n) is 6.72. The molecule has 2 heteroatoms. The van der Waals surface area contributed by atoms with Crippen molar-refractivity contribution >= 4 is 11.4 Å². The molecule has 0 bridgehead atoms. The van der Waals surface area contributed by atoms with Crippen LogP contribution in [0.1, 0.15) is 33.3 Å². The first-order valence-electron chi connectivity index (χ1n) is 8.03. The monoisotopic (exact) mass is 306 g/mol. The van der Waals surface area contributed by atoms with E-state index in [-0.39, 0.29) is 5.41 Å². The van der Waals surface area contributed by atoms with E-state index in [1.54, 1.807) is 0 Å². The van der Waals surface area contributed by atoms with Crippen LogP contribution in [-0.2, 0) is 10.2 Å². The Kier molecular flexibility index (Phi) is 3.85. The summed E-state index contributed by atoms with van der Waals surface area (Å²) in [4.78, 5) is 0. The Labute approximate surface area is 138 Å². The molecule has 2 heterocycles. The standard InChI is InChI=1S/C21H24NO/c1-15-13-17(14-16(2)23-15)9-8-12-20-21(3,4)18-10-6-7-11-19(18)22(20)5/h6-14H,1-5H3/q+1/b12-8+. The molecule has 2 aliphatic rings. The van der Waals surface area contributed by atoms with Gasteiger partial charge in [0.1, 0.15) is 18.6 Å². The molecule has 23 heavy (non-hydrogen) atoms. The molecule has 1 aromatic carbocycles. The highest BCUT2D eigenvalue weighted by Gasteiger charge is 2.42. The lowest BCUT2D eigenvalue weighted by Crippen LogP contribution is -2.26. The first-order valence-corrected chi connectivity index (χ1v) is 8.03. The molecule has 2 nitrogen and oxygen atoms in total. The van der Waals surface area contributed by atoms with Crippen LogP contribution in [0, 0.1) is 0 Å². The van der Waals surface area contributed by atoms with Gasteiger partial charge in [0.2, 0.25) is 5.69 Å². The number of ether oxygens (including phenoxy) is 1. The average molecular weight is 306 g/mol. The highest BCUT2D eigenvalue weighted by Crippen LogP contribution is 2.38. The van der Waals surface area contributed by atoms with E-state index in [9.17, 15) is 0 Å². The molecular formula is C21H24NO+.